The first-order valence-electron chi connectivity index (χ1n) is 8.04. The van der Waals surface area contributed by atoms with Crippen molar-refractivity contribution in [2.45, 2.75) is 13.5 Å². The van der Waals surface area contributed by atoms with Crippen molar-refractivity contribution < 1.29 is 9.18 Å². The average molecular weight is 447 g/mol. The van der Waals surface area contributed by atoms with Crippen molar-refractivity contribution in [3.8, 4) is 5.69 Å². The van der Waals surface area contributed by atoms with Crippen LogP contribution in [-0.2, 0) is 11.3 Å². The Bertz CT molecular complexity index is 1010. The molecule has 2 aromatic heterocycles. The number of thiazole rings is 1. The summed E-state index contributed by atoms with van der Waals surface area (Å²) in [6.45, 7) is 5.95. The van der Waals surface area contributed by atoms with Gasteiger partial charge in [0.25, 0.3) is 5.91 Å². The Morgan fingerprint density at radius 3 is 2.74 bits per heavy atom. The van der Waals surface area contributed by atoms with Gasteiger partial charge in [0.05, 0.1) is 29.8 Å². The highest BCUT2D eigenvalue weighted by atomic mass is 79.9. The summed E-state index contributed by atoms with van der Waals surface area (Å²) < 4.78 is 15.6. The van der Waals surface area contributed by atoms with E-state index >= 15 is 0 Å². The Kier molecular flexibility index (Phi) is 5.98. The lowest BCUT2D eigenvalue weighted by atomic mass is 10.1. The highest BCUT2D eigenvalue weighted by Gasteiger charge is 2.18. The Morgan fingerprint density at radius 1 is 1.41 bits per heavy atom. The molecule has 138 valence electrons. The van der Waals surface area contributed by atoms with E-state index in [1.54, 1.807) is 42.1 Å². The van der Waals surface area contributed by atoms with Gasteiger partial charge in [-0.2, -0.15) is 5.10 Å². The van der Waals surface area contributed by atoms with Crippen LogP contribution in [0.3, 0.4) is 0 Å². The lowest BCUT2D eigenvalue weighted by Crippen LogP contribution is -2.24. The maximum absolute atomic E-state index is 13.2. The zero-order valence-electron chi connectivity index (χ0n) is 14.4. The van der Waals surface area contributed by atoms with Crippen LogP contribution in [0.2, 0.25) is 0 Å². The monoisotopic (exact) mass is 446 g/mol. The zero-order valence-corrected chi connectivity index (χ0v) is 16.8. The Balaban J connectivity index is 1.85. The van der Waals surface area contributed by atoms with Gasteiger partial charge in [-0.05, 0) is 53.2 Å². The minimum Gasteiger partial charge on any atom is -0.346 e. The quantitative estimate of drug-likeness (QED) is 0.563. The largest absolute Gasteiger partial charge is 0.346 e. The number of halogens is 2. The fraction of sp³-hybridized carbons (Fsp3) is 0.105. The highest BCUT2D eigenvalue weighted by Crippen LogP contribution is 2.24. The van der Waals surface area contributed by atoms with E-state index in [2.05, 4.69) is 37.9 Å². The maximum Gasteiger partial charge on any atom is 0.252 e. The molecule has 8 heteroatoms. The first-order valence-corrected chi connectivity index (χ1v) is 9.72. The van der Waals surface area contributed by atoms with Crippen LogP contribution in [-0.4, -0.2) is 20.7 Å². The van der Waals surface area contributed by atoms with Crippen molar-refractivity contribution in [1.29, 1.82) is 0 Å². The summed E-state index contributed by atoms with van der Waals surface area (Å²) in [6.07, 6.45) is 4.96. The number of nitrogens with zero attached hydrogens (tertiary/aromatic N) is 3. The summed E-state index contributed by atoms with van der Waals surface area (Å²) in [5.74, 6) is -0.558. The van der Waals surface area contributed by atoms with Gasteiger partial charge < -0.3 is 5.32 Å². The third kappa shape index (κ3) is 4.23. The number of amides is 1. The molecule has 3 aromatic rings. The summed E-state index contributed by atoms with van der Waals surface area (Å²) in [5, 5.41) is 9.09. The molecular formula is C19H16BrFN4OS. The minimum absolute atomic E-state index is 0.233. The number of aromatic nitrogens is 3. The van der Waals surface area contributed by atoms with E-state index < -0.39 is 0 Å². The van der Waals surface area contributed by atoms with E-state index in [0.29, 0.717) is 29.1 Å². The van der Waals surface area contributed by atoms with Crippen molar-refractivity contribution >= 4 is 44.8 Å². The molecule has 1 amide bonds. The first kappa shape index (κ1) is 19.2. The van der Waals surface area contributed by atoms with Crippen LogP contribution in [0.4, 0.5) is 4.39 Å². The van der Waals surface area contributed by atoms with E-state index in [-0.39, 0.29) is 11.7 Å². The number of rotatable bonds is 6. The lowest BCUT2D eigenvalue weighted by molar-refractivity contribution is -0.115. The average Bonchev–Trinajstić information content (AvgIpc) is 3.27. The normalized spacial score (nSPS) is 11.4. The number of carbonyl (C=O) groups excluding carboxylic acids is 1. The topological polar surface area (TPSA) is 59.8 Å². The van der Waals surface area contributed by atoms with Crippen LogP contribution in [0.15, 0.2) is 52.4 Å². The van der Waals surface area contributed by atoms with Gasteiger partial charge in [-0.25, -0.2) is 14.1 Å². The number of nitrogens with one attached hydrogen (secondary N) is 1. The summed E-state index contributed by atoms with van der Waals surface area (Å²) in [4.78, 5) is 16.9. The number of hydrogen-bond donors (Lipinski definition) is 1. The number of allylic oxidation sites excluding steroid dienone is 1. The third-order valence-corrected chi connectivity index (χ3v) is 5.26. The fourth-order valence-electron chi connectivity index (χ4n) is 2.59. The van der Waals surface area contributed by atoms with Gasteiger partial charge in [-0.15, -0.1) is 11.3 Å². The van der Waals surface area contributed by atoms with Crippen LogP contribution in [0.1, 0.15) is 23.9 Å². The molecule has 0 spiro atoms. The lowest BCUT2D eigenvalue weighted by Gasteiger charge is -2.09. The van der Waals surface area contributed by atoms with E-state index in [9.17, 15) is 9.18 Å². The predicted molar refractivity (Wildman–Crippen MR) is 109 cm³/mol. The van der Waals surface area contributed by atoms with Crippen LogP contribution in [0, 0.1) is 5.82 Å². The van der Waals surface area contributed by atoms with Gasteiger partial charge in [0.15, 0.2) is 3.92 Å². The van der Waals surface area contributed by atoms with Gasteiger partial charge in [0.2, 0.25) is 0 Å². The van der Waals surface area contributed by atoms with Gasteiger partial charge in [0, 0.05) is 16.5 Å². The van der Waals surface area contributed by atoms with Gasteiger partial charge in [0.1, 0.15) is 5.82 Å². The number of carbonyl (C=O) groups is 1. The minimum atomic E-state index is -0.325. The first-order chi connectivity index (χ1) is 13.0. The molecule has 1 N–H and O–H groups in total. The van der Waals surface area contributed by atoms with Crippen molar-refractivity contribution in [1.82, 2.24) is 20.1 Å². The molecule has 3 rings (SSSR count). The maximum atomic E-state index is 13.2. The zero-order chi connectivity index (χ0) is 19.4. The molecule has 0 unspecified atom stereocenters. The molecule has 0 bridgehead atoms. The highest BCUT2D eigenvalue weighted by molar-refractivity contribution is 9.11. The fourth-order valence-corrected chi connectivity index (χ4v) is 3.64. The van der Waals surface area contributed by atoms with Gasteiger partial charge in [-0.1, -0.05) is 12.7 Å². The van der Waals surface area contributed by atoms with Gasteiger partial charge in [-0.3, -0.25) is 4.79 Å². The molecule has 27 heavy (non-hydrogen) atoms. The molecule has 0 saturated carbocycles. The van der Waals surface area contributed by atoms with Crippen LogP contribution < -0.4 is 5.32 Å². The van der Waals surface area contributed by atoms with E-state index in [4.69, 9.17) is 0 Å². The second-order valence-electron chi connectivity index (χ2n) is 5.51. The Labute approximate surface area is 168 Å². The summed E-state index contributed by atoms with van der Waals surface area (Å²) in [5.41, 5.74) is 3.24. The molecule has 0 aliphatic heterocycles. The van der Waals surface area contributed by atoms with E-state index in [1.807, 2.05) is 5.38 Å². The van der Waals surface area contributed by atoms with E-state index in [1.165, 1.54) is 23.5 Å². The Hall–Kier alpha value is -2.58. The predicted octanol–water partition coefficient (Wildman–Crippen LogP) is 4.59. The molecule has 0 aliphatic carbocycles. The standard InChI is InChI=1S/C19H16BrFN4OS/c1-3-15(18(26)22-9-13-11-27-19(20)24-13)16-10-23-25(17(16)4-2)14-7-5-12(21)6-8-14/h3-8,10-11H,2,9H2,1H3,(H,22,26)/b15-3+. The van der Waals surface area contributed by atoms with E-state index in [0.717, 1.165) is 9.61 Å². The molecule has 5 nitrogen and oxygen atoms in total. The second kappa shape index (κ2) is 8.41. The summed E-state index contributed by atoms with van der Waals surface area (Å²) in [6, 6.07) is 5.96. The number of benzene rings is 1. The molecule has 1 aromatic carbocycles. The smallest absolute Gasteiger partial charge is 0.252 e. The molecule has 0 atom stereocenters. The molecular weight excluding hydrogens is 431 g/mol. The number of hydrogen-bond acceptors (Lipinski definition) is 4. The molecule has 0 fully saturated rings. The van der Waals surface area contributed by atoms with Crippen LogP contribution in [0.25, 0.3) is 17.3 Å². The second-order valence-corrected chi connectivity index (χ2v) is 7.65. The third-order valence-electron chi connectivity index (χ3n) is 3.85. The summed E-state index contributed by atoms with van der Waals surface area (Å²) in [7, 11) is 0. The molecule has 0 saturated heterocycles. The molecule has 2 heterocycles. The molecule has 0 aliphatic rings. The van der Waals surface area contributed by atoms with Crippen molar-refractivity contribution in [3.63, 3.8) is 0 Å². The van der Waals surface area contributed by atoms with Crippen LogP contribution in [0.5, 0.6) is 0 Å². The SMILES string of the molecule is C=Cc1c(/C(=C\C)C(=O)NCc2csc(Br)n2)cnn1-c1ccc(F)cc1. The van der Waals surface area contributed by atoms with Crippen LogP contribution >= 0.6 is 27.3 Å². The van der Waals surface area contributed by atoms with Crippen molar-refractivity contribution in [3.05, 3.63) is 75.2 Å². The van der Waals surface area contributed by atoms with Gasteiger partial charge >= 0.3 is 0 Å². The Morgan fingerprint density at radius 2 is 2.15 bits per heavy atom. The molecule has 0 radical (unpaired) electrons. The van der Waals surface area contributed by atoms with Crippen molar-refractivity contribution in [2.75, 3.05) is 0 Å². The van der Waals surface area contributed by atoms with Crippen molar-refractivity contribution in [2.24, 2.45) is 0 Å². The summed E-state index contributed by atoms with van der Waals surface area (Å²) >= 11 is 4.77.